The molecule has 0 radical (unpaired) electrons. The number of carbonyl (C=O) groups excluding carboxylic acids is 1. The SMILES string of the molecule is Nc1cccc(C(=O)Nc2ncc(Cc3ccc(F)c(F)c3)s2)n1. The summed E-state index contributed by atoms with van der Waals surface area (Å²) in [6.45, 7) is 0. The Hall–Kier alpha value is -2.87. The predicted octanol–water partition coefficient (Wildman–Crippen LogP) is 3.24. The molecule has 3 N–H and O–H groups in total. The second-order valence-corrected chi connectivity index (χ2v) is 6.07. The van der Waals surface area contributed by atoms with E-state index in [1.54, 1.807) is 24.4 Å². The first-order valence-electron chi connectivity index (χ1n) is 6.94. The number of rotatable bonds is 4. The molecule has 1 aromatic carbocycles. The van der Waals surface area contributed by atoms with Crippen molar-refractivity contribution in [2.45, 2.75) is 6.42 Å². The number of aromatic nitrogens is 2. The lowest BCUT2D eigenvalue weighted by Gasteiger charge is -2.01. The number of nitrogens with one attached hydrogen (secondary N) is 1. The number of benzene rings is 1. The smallest absolute Gasteiger partial charge is 0.276 e. The van der Waals surface area contributed by atoms with Crippen molar-refractivity contribution < 1.29 is 13.6 Å². The number of pyridine rings is 1. The first kappa shape index (κ1) is 16.0. The van der Waals surface area contributed by atoms with Crippen molar-refractivity contribution in [1.82, 2.24) is 9.97 Å². The number of halogens is 2. The van der Waals surface area contributed by atoms with Gasteiger partial charge in [-0.2, -0.15) is 0 Å². The molecule has 0 atom stereocenters. The summed E-state index contributed by atoms with van der Waals surface area (Å²) in [5, 5.41) is 3.02. The van der Waals surface area contributed by atoms with Gasteiger partial charge in [0.25, 0.3) is 5.91 Å². The lowest BCUT2D eigenvalue weighted by Crippen LogP contribution is -2.13. The van der Waals surface area contributed by atoms with E-state index in [0.29, 0.717) is 17.1 Å². The van der Waals surface area contributed by atoms with E-state index in [2.05, 4.69) is 15.3 Å². The third kappa shape index (κ3) is 3.72. The maximum Gasteiger partial charge on any atom is 0.276 e. The molecule has 0 bridgehead atoms. The van der Waals surface area contributed by atoms with E-state index in [1.807, 2.05) is 0 Å². The van der Waals surface area contributed by atoms with E-state index in [1.165, 1.54) is 17.4 Å². The van der Waals surface area contributed by atoms with Gasteiger partial charge in [0.05, 0.1) is 0 Å². The number of nitrogen functional groups attached to an aromatic ring is 1. The highest BCUT2D eigenvalue weighted by Crippen LogP contribution is 2.22. The standard InChI is InChI=1S/C16H12F2N4OS/c17-11-5-4-9(7-12(11)18)6-10-8-20-16(24-10)22-15(23)13-2-1-3-14(19)21-13/h1-5,7-8H,6H2,(H2,19,21)(H,20,22,23). The van der Waals surface area contributed by atoms with Crippen LogP contribution in [0.15, 0.2) is 42.6 Å². The van der Waals surface area contributed by atoms with Crippen molar-refractivity contribution >= 4 is 28.2 Å². The van der Waals surface area contributed by atoms with E-state index in [0.717, 1.165) is 17.0 Å². The molecule has 2 heterocycles. The maximum absolute atomic E-state index is 13.2. The Labute approximate surface area is 140 Å². The second kappa shape index (κ2) is 6.71. The van der Waals surface area contributed by atoms with Gasteiger partial charge in [-0.05, 0) is 29.8 Å². The quantitative estimate of drug-likeness (QED) is 0.760. The minimum absolute atomic E-state index is 0.187. The van der Waals surface area contributed by atoms with Crippen molar-refractivity contribution in [3.05, 3.63) is 70.4 Å². The second-order valence-electron chi connectivity index (χ2n) is 4.96. The Bertz CT molecular complexity index is 897. The van der Waals surface area contributed by atoms with Crippen LogP contribution in [0.25, 0.3) is 0 Å². The Kier molecular flexibility index (Phi) is 4.48. The monoisotopic (exact) mass is 346 g/mol. The molecule has 3 aromatic rings. The zero-order chi connectivity index (χ0) is 17.1. The molecule has 24 heavy (non-hydrogen) atoms. The van der Waals surface area contributed by atoms with Crippen molar-refractivity contribution in [2.75, 3.05) is 11.1 Å². The molecule has 0 aliphatic heterocycles. The zero-order valence-electron chi connectivity index (χ0n) is 12.3. The molecule has 0 aliphatic rings. The average molecular weight is 346 g/mol. The van der Waals surface area contributed by atoms with Crippen LogP contribution in [0.1, 0.15) is 20.9 Å². The minimum atomic E-state index is -0.890. The van der Waals surface area contributed by atoms with E-state index in [9.17, 15) is 13.6 Å². The Balaban J connectivity index is 1.69. The van der Waals surface area contributed by atoms with Gasteiger partial charge in [0, 0.05) is 17.5 Å². The molecule has 8 heteroatoms. The highest BCUT2D eigenvalue weighted by Gasteiger charge is 2.11. The topological polar surface area (TPSA) is 80.9 Å². The molecule has 0 unspecified atom stereocenters. The largest absolute Gasteiger partial charge is 0.384 e. The Morgan fingerprint density at radius 1 is 1.21 bits per heavy atom. The van der Waals surface area contributed by atoms with Gasteiger partial charge in [-0.3, -0.25) is 10.1 Å². The Morgan fingerprint density at radius 3 is 2.79 bits per heavy atom. The summed E-state index contributed by atoms with van der Waals surface area (Å²) in [4.78, 5) is 20.9. The number of carbonyl (C=O) groups is 1. The molecule has 0 spiro atoms. The fourth-order valence-corrected chi connectivity index (χ4v) is 2.88. The van der Waals surface area contributed by atoms with E-state index >= 15 is 0 Å². The van der Waals surface area contributed by atoms with Crippen LogP contribution in [0.5, 0.6) is 0 Å². The summed E-state index contributed by atoms with van der Waals surface area (Å²) in [6, 6.07) is 8.49. The third-order valence-electron chi connectivity index (χ3n) is 3.14. The number of amides is 1. The number of anilines is 2. The number of hydrogen-bond acceptors (Lipinski definition) is 5. The van der Waals surface area contributed by atoms with E-state index < -0.39 is 17.5 Å². The fourth-order valence-electron chi connectivity index (χ4n) is 2.04. The summed E-state index contributed by atoms with van der Waals surface area (Å²) in [7, 11) is 0. The van der Waals surface area contributed by atoms with Crippen LogP contribution in [-0.2, 0) is 6.42 Å². The highest BCUT2D eigenvalue weighted by molar-refractivity contribution is 7.15. The van der Waals surface area contributed by atoms with Gasteiger partial charge in [-0.25, -0.2) is 18.7 Å². The van der Waals surface area contributed by atoms with Crippen molar-refractivity contribution in [1.29, 1.82) is 0 Å². The molecule has 0 fully saturated rings. The van der Waals surface area contributed by atoms with Gasteiger partial charge in [0.2, 0.25) is 0 Å². The van der Waals surface area contributed by atoms with E-state index in [-0.39, 0.29) is 11.5 Å². The normalized spacial score (nSPS) is 10.6. The van der Waals surface area contributed by atoms with Crippen LogP contribution < -0.4 is 11.1 Å². The fraction of sp³-hybridized carbons (Fsp3) is 0.0625. The lowest BCUT2D eigenvalue weighted by atomic mass is 10.1. The highest BCUT2D eigenvalue weighted by atomic mass is 32.1. The van der Waals surface area contributed by atoms with Crippen molar-refractivity contribution in [2.24, 2.45) is 0 Å². The molecule has 2 aromatic heterocycles. The molecule has 122 valence electrons. The van der Waals surface area contributed by atoms with Crippen molar-refractivity contribution in [3.8, 4) is 0 Å². The molecule has 1 amide bonds. The van der Waals surface area contributed by atoms with Crippen LogP contribution in [0, 0.1) is 11.6 Å². The first-order valence-corrected chi connectivity index (χ1v) is 7.75. The maximum atomic E-state index is 13.2. The first-order chi connectivity index (χ1) is 11.5. The zero-order valence-corrected chi connectivity index (χ0v) is 13.1. The Morgan fingerprint density at radius 2 is 2.04 bits per heavy atom. The van der Waals surface area contributed by atoms with Gasteiger partial charge < -0.3 is 5.73 Å². The van der Waals surface area contributed by atoms with Crippen LogP contribution in [0.4, 0.5) is 19.7 Å². The molecule has 3 rings (SSSR count). The molecular formula is C16H12F2N4OS. The van der Waals surface area contributed by atoms with Gasteiger partial charge in [-0.1, -0.05) is 12.1 Å². The predicted molar refractivity (Wildman–Crippen MR) is 87.9 cm³/mol. The van der Waals surface area contributed by atoms with Gasteiger partial charge in [0.1, 0.15) is 11.5 Å². The molecular weight excluding hydrogens is 334 g/mol. The average Bonchev–Trinajstić information content (AvgIpc) is 2.98. The van der Waals surface area contributed by atoms with Gasteiger partial charge >= 0.3 is 0 Å². The van der Waals surface area contributed by atoms with Crippen LogP contribution in [-0.4, -0.2) is 15.9 Å². The number of thiazole rings is 1. The van der Waals surface area contributed by atoms with Gasteiger partial charge in [-0.15, -0.1) is 11.3 Å². The van der Waals surface area contributed by atoms with E-state index in [4.69, 9.17) is 5.73 Å². The third-order valence-corrected chi connectivity index (χ3v) is 4.05. The van der Waals surface area contributed by atoms with Gasteiger partial charge in [0.15, 0.2) is 16.8 Å². The number of nitrogens with zero attached hydrogens (tertiary/aromatic N) is 2. The summed E-state index contributed by atoms with van der Waals surface area (Å²) >= 11 is 1.25. The molecule has 0 aliphatic carbocycles. The minimum Gasteiger partial charge on any atom is -0.384 e. The van der Waals surface area contributed by atoms with Crippen LogP contribution >= 0.6 is 11.3 Å². The molecule has 0 saturated heterocycles. The molecule has 0 saturated carbocycles. The molecule has 5 nitrogen and oxygen atoms in total. The summed E-state index contributed by atoms with van der Waals surface area (Å²) in [6.07, 6.45) is 1.97. The summed E-state index contributed by atoms with van der Waals surface area (Å²) in [5.74, 6) is -1.94. The van der Waals surface area contributed by atoms with Crippen LogP contribution in [0.3, 0.4) is 0 Å². The lowest BCUT2D eigenvalue weighted by molar-refractivity contribution is 0.102. The van der Waals surface area contributed by atoms with Crippen molar-refractivity contribution in [3.63, 3.8) is 0 Å². The summed E-state index contributed by atoms with van der Waals surface area (Å²) in [5.41, 5.74) is 6.35. The number of nitrogens with two attached hydrogens (primary N) is 1. The summed E-state index contributed by atoms with van der Waals surface area (Å²) < 4.78 is 26.1. The van der Waals surface area contributed by atoms with Crippen LogP contribution in [0.2, 0.25) is 0 Å². The number of hydrogen-bond donors (Lipinski definition) is 2.